The van der Waals surface area contributed by atoms with Gasteiger partial charge >= 0.3 is 0 Å². The first-order chi connectivity index (χ1) is 18.9. The quantitative estimate of drug-likeness (QED) is 0.268. The Kier molecular flexibility index (Phi) is 5.04. The van der Waals surface area contributed by atoms with Crippen LogP contribution >= 0.6 is 11.8 Å². The number of hydrogen-bond donors (Lipinski definition) is 2. The van der Waals surface area contributed by atoms with E-state index in [0.717, 1.165) is 37.9 Å². The average molecular weight is 544 g/mol. The first-order valence-corrected chi connectivity index (χ1v) is 13.5. The highest BCUT2D eigenvalue weighted by Crippen LogP contribution is 2.58. The number of allylic oxidation sites excluding steroid dienone is 2. The minimum absolute atomic E-state index is 0.0127. The maximum atomic E-state index is 13.5. The molecule has 0 unspecified atom stereocenters. The van der Waals surface area contributed by atoms with E-state index in [-0.39, 0.29) is 28.6 Å². The third kappa shape index (κ3) is 2.80. The summed E-state index contributed by atoms with van der Waals surface area (Å²) in [4.78, 5) is 19.2. The normalized spacial score (nSPS) is 15.7. The Hall–Kier alpha value is -4.11. The molecule has 0 radical (unpaired) electrons. The molecule has 1 aliphatic heterocycles. The van der Waals surface area contributed by atoms with Crippen LogP contribution in [0.3, 0.4) is 0 Å². The number of methoxy groups -OCH3 is 4. The number of carbonyl (C=O) groups excluding carboxylic acids is 1. The lowest BCUT2D eigenvalue weighted by atomic mass is 9.80. The van der Waals surface area contributed by atoms with E-state index < -0.39 is 0 Å². The van der Waals surface area contributed by atoms with Gasteiger partial charge in [0.2, 0.25) is 0 Å². The van der Waals surface area contributed by atoms with Gasteiger partial charge in [-0.3, -0.25) is 9.79 Å². The van der Waals surface area contributed by atoms with E-state index in [0.29, 0.717) is 62.9 Å². The van der Waals surface area contributed by atoms with E-state index in [2.05, 4.69) is 0 Å². The molecule has 9 heteroatoms. The summed E-state index contributed by atoms with van der Waals surface area (Å²) >= 11 is 1.61. The fourth-order valence-corrected chi connectivity index (χ4v) is 7.59. The van der Waals surface area contributed by atoms with E-state index in [1.807, 2.05) is 13.0 Å². The SMILES string of the molecule is COC1=CC(=O)c2c(O)c(OC)c3c4c2c1c1c(OC)c2c(c5c(O)c(OC)c(c4c15)CC(C)=C3)=NCCS2. The minimum atomic E-state index is -0.387. The predicted molar refractivity (Wildman–Crippen MR) is 151 cm³/mol. The number of fused-ring (bicyclic) bond motifs is 3. The number of ketones is 1. The number of thioether (sulfide) groups is 1. The number of aromatic hydroxyl groups is 2. The number of ether oxygens (including phenoxy) is 4. The van der Waals surface area contributed by atoms with Crippen molar-refractivity contribution >= 4 is 61.7 Å². The zero-order valence-electron chi connectivity index (χ0n) is 22.1. The summed E-state index contributed by atoms with van der Waals surface area (Å²) in [6.45, 7) is 2.57. The Labute approximate surface area is 227 Å². The van der Waals surface area contributed by atoms with Crippen LogP contribution in [0.4, 0.5) is 0 Å². The molecular weight excluding hydrogens is 518 g/mol. The van der Waals surface area contributed by atoms with E-state index in [1.165, 1.54) is 20.3 Å². The van der Waals surface area contributed by atoms with Gasteiger partial charge in [0.15, 0.2) is 28.8 Å². The van der Waals surface area contributed by atoms with Crippen LogP contribution in [0.1, 0.15) is 34.0 Å². The number of phenolic OH excluding ortho intramolecular Hbond substituents is 2. The highest BCUT2D eigenvalue weighted by atomic mass is 32.2. The third-order valence-corrected chi connectivity index (χ3v) is 8.97. The van der Waals surface area contributed by atoms with Crippen molar-refractivity contribution in [3.05, 3.63) is 39.3 Å². The van der Waals surface area contributed by atoms with E-state index in [9.17, 15) is 15.0 Å². The minimum Gasteiger partial charge on any atom is -0.504 e. The molecule has 0 spiro atoms. The van der Waals surface area contributed by atoms with Crippen molar-refractivity contribution in [3.63, 3.8) is 0 Å². The first kappa shape index (κ1) is 24.0. The Morgan fingerprint density at radius 2 is 1.54 bits per heavy atom. The molecule has 0 atom stereocenters. The number of phenols is 2. The molecule has 8 nitrogen and oxygen atoms in total. The standard InChI is InChI=1S/C30H25NO7S/c1-11-8-12-16-17-13(9-11)28(37-4)26(34)23-21(17)22(29(38-5)30-24(23)31-6-7-39-30)19-15(35-2)10-14(32)18(20(16)19)25(33)27(12)36-3/h8,10,33-34H,6-7,9H2,1-5H3. The van der Waals surface area contributed by atoms with Crippen LogP contribution in [0.5, 0.6) is 28.7 Å². The van der Waals surface area contributed by atoms with Crippen LogP contribution in [0, 0.1) is 0 Å². The molecule has 2 aliphatic carbocycles. The summed E-state index contributed by atoms with van der Waals surface area (Å²) in [5, 5.41) is 28.0. The molecule has 0 fully saturated rings. The Bertz CT molecular complexity index is 1950. The van der Waals surface area contributed by atoms with Crippen molar-refractivity contribution in [1.82, 2.24) is 0 Å². The molecule has 4 aromatic carbocycles. The largest absolute Gasteiger partial charge is 0.504 e. The van der Waals surface area contributed by atoms with Crippen LogP contribution < -0.4 is 19.6 Å². The van der Waals surface area contributed by atoms with Gasteiger partial charge in [0.1, 0.15) is 11.5 Å². The molecule has 39 heavy (non-hydrogen) atoms. The maximum Gasteiger partial charge on any atom is 0.194 e. The number of rotatable bonds is 4. The monoisotopic (exact) mass is 543 g/mol. The number of nitrogens with zero attached hydrogens (tertiary/aromatic N) is 1. The summed E-state index contributed by atoms with van der Waals surface area (Å²) in [6, 6.07) is 0. The van der Waals surface area contributed by atoms with Gasteiger partial charge in [-0.05, 0) is 18.7 Å². The molecule has 0 saturated carbocycles. The van der Waals surface area contributed by atoms with Gasteiger partial charge in [-0.15, -0.1) is 11.8 Å². The van der Waals surface area contributed by atoms with Crippen molar-refractivity contribution in [2.45, 2.75) is 18.2 Å². The highest BCUT2D eigenvalue weighted by Gasteiger charge is 2.38. The molecule has 4 aromatic rings. The number of carbonyl (C=O) groups is 1. The molecule has 0 aromatic heterocycles. The molecule has 7 rings (SSSR count). The molecule has 0 saturated heterocycles. The molecule has 3 aliphatic rings. The zero-order valence-corrected chi connectivity index (χ0v) is 22.9. The molecule has 1 heterocycles. The molecular formula is C30H25NO7S. The van der Waals surface area contributed by atoms with E-state index in [4.69, 9.17) is 23.9 Å². The lowest BCUT2D eigenvalue weighted by molar-refractivity contribution is 0.104. The second-order valence-corrected chi connectivity index (χ2v) is 10.9. The van der Waals surface area contributed by atoms with Crippen molar-refractivity contribution < 1.29 is 34.0 Å². The lowest BCUT2D eigenvalue weighted by Crippen LogP contribution is -2.18. The number of hydrogen-bond acceptors (Lipinski definition) is 9. The summed E-state index contributed by atoms with van der Waals surface area (Å²) in [5.74, 6) is 1.67. The molecule has 0 bridgehead atoms. The molecule has 0 amide bonds. The van der Waals surface area contributed by atoms with Gasteiger partial charge in [-0.2, -0.15) is 0 Å². The van der Waals surface area contributed by atoms with Crippen LogP contribution in [0.15, 0.2) is 21.5 Å². The lowest BCUT2D eigenvalue weighted by Gasteiger charge is -2.28. The summed E-state index contributed by atoms with van der Waals surface area (Å²) < 4.78 is 23.5. The highest BCUT2D eigenvalue weighted by molar-refractivity contribution is 7.99. The Morgan fingerprint density at radius 3 is 2.23 bits per heavy atom. The van der Waals surface area contributed by atoms with Gasteiger partial charge in [0.25, 0.3) is 0 Å². The second-order valence-electron chi connectivity index (χ2n) is 9.84. The fraction of sp³-hybridized carbons (Fsp3) is 0.267. The topological polar surface area (TPSA) is 107 Å². The summed E-state index contributed by atoms with van der Waals surface area (Å²) in [6.07, 6.45) is 3.82. The van der Waals surface area contributed by atoms with Crippen molar-refractivity contribution in [1.29, 1.82) is 0 Å². The number of benzene rings is 4. The van der Waals surface area contributed by atoms with Crippen LogP contribution in [0.2, 0.25) is 0 Å². The fourth-order valence-electron chi connectivity index (χ4n) is 6.58. The molecule has 2 N–H and O–H groups in total. The Balaban J connectivity index is 1.98. The van der Waals surface area contributed by atoms with Crippen LogP contribution in [-0.4, -0.2) is 56.7 Å². The summed E-state index contributed by atoms with van der Waals surface area (Å²) in [7, 11) is 6.15. The smallest absolute Gasteiger partial charge is 0.194 e. The Morgan fingerprint density at radius 1 is 0.795 bits per heavy atom. The molecule has 198 valence electrons. The van der Waals surface area contributed by atoms with E-state index in [1.54, 1.807) is 26.0 Å². The first-order valence-electron chi connectivity index (χ1n) is 12.5. The zero-order chi connectivity index (χ0) is 27.3. The van der Waals surface area contributed by atoms with Crippen molar-refractivity contribution in [3.8, 4) is 28.7 Å². The van der Waals surface area contributed by atoms with Gasteiger partial charge in [0.05, 0.1) is 49.6 Å². The van der Waals surface area contributed by atoms with Crippen LogP contribution in [-0.2, 0) is 11.2 Å². The van der Waals surface area contributed by atoms with Crippen molar-refractivity contribution in [2.75, 3.05) is 40.7 Å². The van der Waals surface area contributed by atoms with Gasteiger partial charge in [-0.25, -0.2) is 0 Å². The van der Waals surface area contributed by atoms with Crippen molar-refractivity contribution in [2.24, 2.45) is 4.99 Å². The third-order valence-electron chi connectivity index (χ3n) is 7.92. The van der Waals surface area contributed by atoms with E-state index >= 15 is 0 Å². The predicted octanol–water partition coefficient (Wildman–Crippen LogP) is 5.17. The average Bonchev–Trinajstić information content (AvgIpc) is 3.08. The van der Waals surface area contributed by atoms with Crippen LogP contribution in [0.25, 0.3) is 44.2 Å². The van der Waals surface area contributed by atoms with Gasteiger partial charge in [-0.1, -0.05) is 11.6 Å². The van der Waals surface area contributed by atoms with Gasteiger partial charge < -0.3 is 29.2 Å². The summed E-state index contributed by atoms with van der Waals surface area (Å²) in [5.41, 5.74) is 3.15. The maximum absolute atomic E-state index is 13.5. The van der Waals surface area contributed by atoms with Gasteiger partial charge in [0, 0.05) is 56.6 Å². The second kappa shape index (κ2) is 8.19.